The Kier molecular flexibility index (Phi) is 2.76. The van der Waals surface area contributed by atoms with E-state index in [0.717, 1.165) is 0 Å². The predicted octanol–water partition coefficient (Wildman–Crippen LogP) is -0.595. The average molecular weight is 340 g/mol. The number of hydrogen-bond acceptors (Lipinski definition) is 12. The number of nitrogens with zero attached hydrogens (tertiary/aromatic N) is 10. The monoisotopic (exact) mass is 340 g/mol. The van der Waals surface area contributed by atoms with E-state index in [2.05, 4.69) is 20.6 Å². The Labute approximate surface area is 125 Å². The summed E-state index contributed by atoms with van der Waals surface area (Å²) < 4.78 is 0.591. The lowest BCUT2D eigenvalue weighted by atomic mass is 10.3. The van der Waals surface area contributed by atoms with Gasteiger partial charge in [-0.1, -0.05) is 0 Å². The summed E-state index contributed by atoms with van der Waals surface area (Å²) >= 11 is 0. The van der Waals surface area contributed by atoms with Gasteiger partial charge in [-0.15, -0.1) is 0 Å². The highest BCUT2D eigenvalue weighted by molar-refractivity contribution is 5.95. The van der Waals surface area contributed by atoms with Crippen molar-refractivity contribution in [2.24, 2.45) is 0 Å². The molecule has 18 heteroatoms. The van der Waals surface area contributed by atoms with Gasteiger partial charge in [-0.3, -0.25) is 20.2 Å². The maximum atomic E-state index is 11.1. The third-order valence-electron chi connectivity index (χ3n) is 2.80. The number of fused-ring (bicyclic) bond motifs is 3. The summed E-state index contributed by atoms with van der Waals surface area (Å²) in [5.41, 5.74) is -4.13. The van der Waals surface area contributed by atoms with Gasteiger partial charge in [0.05, 0.1) is 20.0 Å². The second kappa shape index (κ2) is 4.56. The van der Waals surface area contributed by atoms with Crippen LogP contribution in [-0.2, 0) is 0 Å². The summed E-state index contributed by atoms with van der Waals surface area (Å²) in [4.78, 5) is 39.2. The predicted molar refractivity (Wildman–Crippen MR) is 66.1 cm³/mol. The number of hydrogen-bond donors (Lipinski definition) is 0. The van der Waals surface area contributed by atoms with Crippen LogP contribution in [0.4, 0.5) is 23.0 Å². The van der Waals surface area contributed by atoms with Crippen LogP contribution < -0.4 is 0 Å². The van der Waals surface area contributed by atoms with Crippen LogP contribution in [0.15, 0.2) is 0 Å². The molecule has 3 rings (SSSR count). The van der Waals surface area contributed by atoms with E-state index in [1.807, 2.05) is 0 Å². The normalized spacial score (nSPS) is 11.0. The minimum Gasteiger partial charge on any atom is -0.358 e. The molecular weight excluding hydrogens is 340 g/mol. The molecule has 0 aliphatic rings. The summed E-state index contributed by atoms with van der Waals surface area (Å²) in [6, 6.07) is 0. The number of aromatic nitrogens is 6. The van der Waals surface area contributed by atoms with Gasteiger partial charge in [-0.25, -0.2) is 0 Å². The van der Waals surface area contributed by atoms with Crippen LogP contribution in [0.1, 0.15) is 0 Å². The Hall–Kier alpha value is -4.38. The molecule has 0 fully saturated rings. The number of nitro groups is 4. The maximum Gasteiger partial charge on any atom is 0.470 e. The van der Waals surface area contributed by atoms with E-state index in [1.54, 1.807) is 0 Å². The Morgan fingerprint density at radius 1 is 0.625 bits per heavy atom. The lowest BCUT2D eigenvalue weighted by Crippen LogP contribution is -2.05. The minimum atomic E-state index is -1.26. The van der Waals surface area contributed by atoms with Crippen molar-refractivity contribution in [3.63, 3.8) is 0 Å². The molecule has 3 aromatic rings. The molecule has 18 nitrogen and oxygen atoms in total. The van der Waals surface area contributed by atoms with Gasteiger partial charge in [0.1, 0.15) is 0 Å². The first-order chi connectivity index (χ1) is 11.2. The van der Waals surface area contributed by atoms with E-state index in [0.29, 0.717) is 9.26 Å². The van der Waals surface area contributed by atoms with E-state index in [-0.39, 0.29) is 0 Å². The highest BCUT2D eigenvalue weighted by atomic mass is 16.6. The molecule has 0 amide bonds. The Morgan fingerprint density at radius 3 is 1.21 bits per heavy atom. The first kappa shape index (κ1) is 14.6. The van der Waals surface area contributed by atoms with Crippen molar-refractivity contribution < 1.29 is 19.7 Å². The molecule has 0 aliphatic carbocycles. The third-order valence-corrected chi connectivity index (χ3v) is 2.80. The fourth-order valence-electron chi connectivity index (χ4n) is 1.98. The van der Waals surface area contributed by atoms with Crippen LogP contribution in [0.2, 0.25) is 0 Å². The molecule has 0 N–H and O–H groups in total. The van der Waals surface area contributed by atoms with Crippen LogP contribution in [-0.4, -0.2) is 49.6 Å². The SMILES string of the molecule is O=[N+]([O-])c1nn2nnn3nc([N+](=O)[O-])c([N+](=O)[O-])c3c2c1[N+](=O)[O-]. The highest BCUT2D eigenvalue weighted by Gasteiger charge is 2.44. The van der Waals surface area contributed by atoms with Crippen molar-refractivity contribution in [2.75, 3.05) is 0 Å². The van der Waals surface area contributed by atoms with Crippen molar-refractivity contribution in [2.45, 2.75) is 0 Å². The number of rotatable bonds is 4. The van der Waals surface area contributed by atoms with E-state index >= 15 is 0 Å². The van der Waals surface area contributed by atoms with E-state index in [1.165, 1.54) is 0 Å². The van der Waals surface area contributed by atoms with Crippen LogP contribution in [0.5, 0.6) is 0 Å². The van der Waals surface area contributed by atoms with Crippen molar-refractivity contribution in [3.05, 3.63) is 40.5 Å². The average Bonchev–Trinajstić information content (AvgIpc) is 3.04. The van der Waals surface area contributed by atoms with E-state index in [9.17, 15) is 40.5 Å². The van der Waals surface area contributed by atoms with Gasteiger partial charge in [-0.05, 0) is 29.5 Å². The molecule has 0 aliphatic heterocycles. The molecule has 3 aromatic heterocycles. The molecular formula is C6N10O8. The lowest BCUT2D eigenvalue weighted by molar-refractivity contribution is -0.424. The van der Waals surface area contributed by atoms with Crippen LogP contribution in [0.3, 0.4) is 0 Å². The standard InChI is InChI=1S/C6N10O8/c17-13(18)3-1-2-4(14(19)20)6(16(23)24)8-12(2)10-9-11(1)7-5(3)15(21)22. The molecule has 0 aromatic carbocycles. The van der Waals surface area contributed by atoms with Crippen molar-refractivity contribution in [1.29, 1.82) is 0 Å². The summed E-state index contributed by atoms with van der Waals surface area (Å²) in [5.74, 6) is -2.53. The molecule has 0 saturated heterocycles. The van der Waals surface area contributed by atoms with Gasteiger partial charge in [0, 0.05) is 0 Å². The van der Waals surface area contributed by atoms with Crippen LogP contribution in [0, 0.1) is 40.5 Å². The second-order valence-electron chi connectivity index (χ2n) is 4.03. The van der Waals surface area contributed by atoms with Crippen LogP contribution >= 0.6 is 0 Å². The lowest BCUT2D eigenvalue weighted by Gasteiger charge is -1.90. The smallest absolute Gasteiger partial charge is 0.358 e. The van der Waals surface area contributed by atoms with Gasteiger partial charge in [0.15, 0.2) is 0 Å². The molecule has 0 bridgehead atoms. The highest BCUT2D eigenvalue weighted by Crippen LogP contribution is 2.38. The molecule has 0 saturated carbocycles. The summed E-state index contributed by atoms with van der Waals surface area (Å²) in [6.45, 7) is 0. The molecule has 3 heterocycles. The third kappa shape index (κ3) is 1.76. The zero-order valence-corrected chi connectivity index (χ0v) is 10.7. The van der Waals surface area contributed by atoms with Gasteiger partial charge in [-0.2, -0.15) is 0 Å². The van der Waals surface area contributed by atoms with Crippen molar-refractivity contribution >= 4 is 34.0 Å². The first-order valence-corrected chi connectivity index (χ1v) is 5.50. The van der Waals surface area contributed by atoms with Gasteiger partial charge >= 0.3 is 23.0 Å². The van der Waals surface area contributed by atoms with Crippen LogP contribution in [0.25, 0.3) is 11.0 Å². The molecule has 122 valence electrons. The second-order valence-corrected chi connectivity index (χ2v) is 4.03. The maximum absolute atomic E-state index is 11.1. The molecule has 0 atom stereocenters. The molecule has 0 spiro atoms. The van der Waals surface area contributed by atoms with Crippen molar-refractivity contribution in [1.82, 2.24) is 29.9 Å². The Bertz CT molecular complexity index is 993. The minimum absolute atomic E-state index is 0.296. The summed E-state index contributed by atoms with van der Waals surface area (Å²) in [5, 5.41) is 56.9. The van der Waals surface area contributed by atoms with Crippen molar-refractivity contribution in [3.8, 4) is 0 Å². The largest absolute Gasteiger partial charge is 0.470 e. The van der Waals surface area contributed by atoms with Gasteiger partial charge in [0.2, 0.25) is 11.0 Å². The Morgan fingerprint density at radius 2 is 0.958 bits per heavy atom. The zero-order chi connectivity index (χ0) is 17.8. The zero-order valence-electron chi connectivity index (χ0n) is 10.7. The molecule has 0 radical (unpaired) electrons. The van der Waals surface area contributed by atoms with E-state index < -0.39 is 53.7 Å². The topological polar surface area (TPSA) is 233 Å². The quantitative estimate of drug-likeness (QED) is 0.427. The summed E-state index contributed by atoms with van der Waals surface area (Å²) in [6.07, 6.45) is 0. The van der Waals surface area contributed by atoms with Gasteiger partial charge < -0.3 is 20.2 Å². The molecule has 0 unspecified atom stereocenters. The van der Waals surface area contributed by atoms with E-state index in [4.69, 9.17) is 0 Å². The fraction of sp³-hybridized carbons (Fsp3) is 0. The fourth-order valence-corrected chi connectivity index (χ4v) is 1.98. The molecule has 24 heavy (non-hydrogen) atoms. The summed E-state index contributed by atoms with van der Waals surface area (Å²) in [7, 11) is 0. The first-order valence-electron chi connectivity index (χ1n) is 5.50. The Balaban J connectivity index is 2.64. The van der Waals surface area contributed by atoms with Gasteiger partial charge in [0.25, 0.3) is 0 Å².